The number of Topliss-reactive ketones (excluding diaryl/α,β-unsaturated/α-hetero) is 1. The molecular weight excluding hydrogens is 304 g/mol. The van der Waals surface area contributed by atoms with E-state index in [2.05, 4.69) is 10.6 Å². The summed E-state index contributed by atoms with van der Waals surface area (Å²) in [4.78, 5) is 25.0. The average molecular weight is 320 g/mol. The van der Waals surface area contributed by atoms with Crippen LogP contribution in [0.2, 0.25) is 0 Å². The summed E-state index contributed by atoms with van der Waals surface area (Å²) in [5.41, 5.74) is 1.23. The minimum absolute atomic E-state index is 0.149. The summed E-state index contributed by atoms with van der Waals surface area (Å²) in [6.07, 6.45) is 0.500. The second-order valence-corrected chi connectivity index (χ2v) is 5.12. The molecule has 0 saturated carbocycles. The van der Waals surface area contributed by atoms with Gasteiger partial charge in [0.2, 0.25) is 5.78 Å². The van der Waals surface area contributed by atoms with Crippen LogP contribution in [0.4, 0.5) is 5.69 Å². The van der Waals surface area contributed by atoms with Crippen LogP contribution in [0, 0.1) is 0 Å². The standard InChI is InChI=1S/C19H16N2O3/c22-17(14-8-3-1-4-9-14)18(20-15-10-5-2-6-11-15)21-19(23)16-12-7-13-24-16/h1-13,18,20H,(H,21,23)/t18-/m0/s1. The third-order valence-corrected chi connectivity index (χ3v) is 3.43. The normalized spacial score (nSPS) is 11.5. The molecule has 1 heterocycles. The van der Waals surface area contributed by atoms with Gasteiger partial charge in [0.1, 0.15) is 0 Å². The number of carbonyl (C=O) groups is 2. The van der Waals surface area contributed by atoms with Gasteiger partial charge in [-0.2, -0.15) is 0 Å². The molecule has 0 aliphatic heterocycles. The first-order chi connectivity index (χ1) is 11.7. The molecule has 0 saturated heterocycles. The Balaban J connectivity index is 1.83. The second-order valence-electron chi connectivity index (χ2n) is 5.12. The van der Waals surface area contributed by atoms with Gasteiger partial charge in [0, 0.05) is 11.3 Å². The van der Waals surface area contributed by atoms with Crippen LogP contribution < -0.4 is 10.6 Å². The number of benzene rings is 2. The van der Waals surface area contributed by atoms with E-state index < -0.39 is 12.1 Å². The Morgan fingerprint density at radius 1 is 0.833 bits per heavy atom. The highest BCUT2D eigenvalue weighted by atomic mass is 16.3. The molecule has 0 bridgehead atoms. The topological polar surface area (TPSA) is 71.3 Å². The molecule has 120 valence electrons. The van der Waals surface area contributed by atoms with Gasteiger partial charge >= 0.3 is 0 Å². The summed E-state index contributed by atoms with van der Waals surface area (Å²) < 4.78 is 5.08. The molecule has 3 rings (SSSR count). The van der Waals surface area contributed by atoms with E-state index in [1.165, 1.54) is 6.26 Å². The van der Waals surface area contributed by atoms with Crippen LogP contribution in [0.15, 0.2) is 83.5 Å². The van der Waals surface area contributed by atoms with Gasteiger partial charge in [0.15, 0.2) is 11.9 Å². The molecule has 0 spiro atoms. The number of carbonyl (C=O) groups excluding carboxylic acids is 2. The number of rotatable bonds is 6. The van der Waals surface area contributed by atoms with E-state index in [-0.39, 0.29) is 11.5 Å². The molecule has 5 nitrogen and oxygen atoms in total. The molecule has 3 aromatic rings. The van der Waals surface area contributed by atoms with Gasteiger partial charge in [-0.3, -0.25) is 9.59 Å². The quantitative estimate of drug-likeness (QED) is 0.540. The summed E-state index contributed by atoms with van der Waals surface area (Å²) in [5, 5.41) is 5.72. The van der Waals surface area contributed by atoms with Gasteiger partial charge in [0.25, 0.3) is 5.91 Å². The molecule has 2 N–H and O–H groups in total. The van der Waals surface area contributed by atoms with Crippen molar-refractivity contribution in [2.45, 2.75) is 6.17 Å². The fourth-order valence-corrected chi connectivity index (χ4v) is 2.25. The number of hydrogen-bond acceptors (Lipinski definition) is 4. The van der Waals surface area contributed by atoms with Crippen molar-refractivity contribution in [3.05, 3.63) is 90.4 Å². The van der Waals surface area contributed by atoms with Crippen molar-refractivity contribution in [3.63, 3.8) is 0 Å². The lowest BCUT2D eigenvalue weighted by Gasteiger charge is -2.20. The molecule has 1 aromatic heterocycles. The SMILES string of the molecule is O=C(N[C@H](Nc1ccccc1)C(=O)c1ccccc1)c1ccco1. The van der Waals surface area contributed by atoms with Gasteiger partial charge in [-0.15, -0.1) is 0 Å². The van der Waals surface area contributed by atoms with E-state index in [0.717, 1.165) is 5.69 Å². The number of hydrogen-bond donors (Lipinski definition) is 2. The number of ketones is 1. The zero-order valence-electron chi connectivity index (χ0n) is 12.8. The Labute approximate surface area is 139 Å². The molecule has 0 aliphatic rings. The Morgan fingerprint density at radius 3 is 2.12 bits per heavy atom. The highest BCUT2D eigenvalue weighted by Crippen LogP contribution is 2.11. The summed E-state index contributed by atoms with van der Waals surface area (Å²) >= 11 is 0. The minimum atomic E-state index is -0.910. The maximum atomic E-state index is 12.7. The molecule has 2 aromatic carbocycles. The first kappa shape index (κ1) is 15.6. The zero-order valence-corrected chi connectivity index (χ0v) is 12.8. The van der Waals surface area contributed by atoms with Gasteiger partial charge in [0.05, 0.1) is 6.26 Å². The summed E-state index contributed by atoms with van der Waals surface area (Å²) in [6.45, 7) is 0. The Kier molecular flexibility index (Phi) is 4.72. The number of furan rings is 1. The van der Waals surface area contributed by atoms with Crippen molar-refractivity contribution in [3.8, 4) is 0 Å². The lowest BCUT2D eigenvalue weighted by molar-refractivity contribution is 0.0853. The van der Waals surface area contributed by atoms with Crippen LogP contribution in [0.3, 0.4) is 0 Å². The van der Waals surface area contributed by atoms with Crippen LogP contribution in [0.25, 0.3) is 0 Å². The van der Waals surface area contributed by atoms with Crippen LogP contribution in [-0.2, 0) is 0 Å². The van der Waals surface area contributed by atoms with Crippen molar-refractivity contribution in [1.29, 1.82) is 0 Å². The summed E-state index contributed by atoms with van der Waals surface area (Å²) in [5.74, 6) is -0.548. The van der Waals surface area contributed by atoms with Crippen molar-refractivity contribution >= 4 is 17.4 Å². The summed E-state index contributed by atoms with van der Waals surface area (Å²) in [6, 6.07) is 21.2. The van der Waals surface area contributed by atoms with Crippen LogP contribution >= 0.6 is 0 Å². The largest absolute Gasteiger partial charge is 0.459 e. The fourth-order valence-electron chi connectivity index (χ4n) is 2.25. The molecule has 0 fully saturated rings. The van der Waals surface area contributed by atoms with Gasteiger partial charge in [-0.1, -0.05) is 48.5 Å². The molecular formula is C19H16N2O3. The number of amides is 1. The molecule has 0 unspecified atom stereocenters. The minimum Gasteiger partial charge on any atom is -0.459 e. The first-order valence-electron chi connectivity index (χ1n) is 7.49. The maximum absolute atomic E-state index is 12.7. The number of para-hydroxylation sites is 1. The van der Waals surface area contributed by atoms with Crippen molar-refractivity contribution in [2.75, 3.05) is 5.32 Å². The predicted molar refractivity (Wildman–Crippen MR) is 90.8 cm³/mol. The first-order valence-corrected chi connectivity index (χ1v) is 7.49. The highest BCUT2D eigenvalue weighted by Gasteiger charge is 2.23. The van der Waals surface area contributed by atoms with Gasteiger partial charge < -0.3 is 15.1 Å². The van der Waals surface area contributed by atoms with Gasteiger partial charge in [-0.25, -0.2) is 0 Å². The Hall–Kier alpha value is -3.34. The number of nitrogens with one attached hydrogen (secondary N) is 2. The maximum Gasteiger partial charge on any atom is 0.288 e. The van der Waals surface area contributed by atoms with E-state index in [4.69, 9.17) is 4.42 Å². The highest BCUT2D eigenvalue weighted by molar-refractivity contribution is 6.04. The smallest absolute Gasteiger partial charge is 0.288 e. The predicted octanol–water partition coefficient (Wildman–Crippen LogP) is 3.33. The van der Waals surface area contributed by atoms with E-state index in [1.807, 2.05) is 36.4 Å². The lowest BCUT2D eigenvalue weighted by atomic mass is 10.1. The Morgan fingerprint density at radius 2 is 1.50 bits per heavy atom. The second kappa shape index (κ2) is 7.28. The van der Waals surface area contributed by atoms with Gasteiger partial charge in [-0.05, 0) is 24.3 Å². The van der Waals surface area contributed by atoms with Crippen molar-refractivity contribution < 1.29 is 14.0 Å². The lowest BCUT2D eigenvalue weighted by Crippen LogP contribution is -2.46. The van der Waals surface area contributed by atoms with Crippen molar-refractivity contribution in [1.82, 2.24) is 5.32 Å². The molecule has 1 atom stereocenters. The Bertz CT molecular complexity index is 799. The third-order valence-electron chi connectivity index (χ3n) is 3.43. The van der Waals surface area contributed by atoms with E-state index in [9.17, 15) is 9.59 Å². The average Bonchev–Trinajstić information content (AvgIpc) is 3.17. The summed E-state index contributed by atoms with van der Waals surface area (Å²) in [7, 11) is 0. The zero-order chi connectivity index (χ0) is 16.8. The van der Waals surface area contributed by atoms with E-state index in [0.29, 0.717) is 5.56 Å². The van der Waals surface area contributed by atoms with E-state index in [1.54, 1.807) is 36.4 Å². The monoisotopic (exact) mass is 320 g/mol. The molecule has 1 amide bonds. The van der Waals surface area contributed by atoms with Crippen LogP contribution in [-0.4, -0.2) is 17.9 Å². The van der Waals surface area contributed by atoms with Crippen LogP contribution in [0.5, 0.6) is 0 Å². The molecule has 24 heavy (non-hydrogen) atoms. The number of anilines is 1. The fraction of sp³-hybridized carbons (Fsp3) is 0.0526. The van der Waals surface area contributed by atoms with Crippen LogP contribution in [0.1, 0.15) is 20.9 Å². The third kappa shape index (κ3) is 3.70. The van der Waals surface area contributed by atoms with E-state index >= 15 is 0 Å². The van der Waals surface area contributed by atoms with Crippen molar-refractivity contribution in [2.24, 2.45) is 0 Å². The molecule has 0 radical (unpaired) electrons. The molecule has 5 heteroatoms. The molecule has 0 aliphatic carbocycles.